The summed E-state index contributed by atoms with van der Waals surface area (Å²) < 4.78 is 34.1. The van der Waals surface area contributed by atoms with Crippen LogP contribution in [0.25, 0.3) is 10.2 Å². The zero-order chi connectivity index (χ0) is 26.0. The molecule has 37 heavy (non-hydrogen) atoms. The highest BCUT2D eigenvalue weighted by Crippen LogP contribution is 2.33. The van der Waals surface area contributed by atoms with Crippen LogP contribution < -0.4 is 9.64 Å². The zero-order valence-corrected chi connectivity index (χ0v) is 22.3. The minimum atomic E-state index is -3.60. The molecule has 1 aliphatic rings. The Hall–Kier alpha value is -3.34. The van der Waals surface area contributed by atoms with Crippen LogP contribution in [-0.2, 0) is 16.6 Å². The van der Waals surface area contributed by atoms with Crippen molar-refractivity contribution in [1.82, 2.24) is 14.3 Å². The Labute approximate surface area is 220 Å². The third kappa shape index (κ3) is 5.36. The van der Waals surface area contributed by atoms with Crippen LogP contribution in [0.4, 0.5) is 5.13 Å². The highest BCUT2D eigenvalue weighted by Gasteiger charge is 2.29. The zero-order valence-electron chi connectivity index (χ0n) is 20.7. The first kappa shape index (κ1) is 25.3. The van der Waals surface area contributed by atoms with Gasteiger partial charge in [-0.1, -0.05) is 24.3 Å². The Balaban J connectivity index is 1.46. The molecule has 5 rings (SSSR count). The van der Waals surface area contributed by atoms with Gasteiger partial charge in [0, 0.05) is 37.1 Å². The second kappa shape index (κ2) is 10.6. The predicted octanol–water partition coefficient (Wildman–Crippen LogP) is 4.97. The Morgan fingerprint density at radius 2 is 2.00 bits per heavy atom. The summed E-state index contributed by atoms with van der Waals surface area (Å²) in [4.78, 5) is 24.4. The fraction of sp³-hybridized carbons (Fsp3) is 0.296. The number of methoxy groups -OCH3 is 1. The summed E-state index contributed by atoms with van der Waals surface area (Å²) in [5.41, 5.74) is 1.97. The monoisotopic (exact) mass is 536 g/mol. The molecule has 0 aliphatic carbocycles. The van der Waals surface area contributed by atoms with Crippen molar-refractivity contribution in [2.45, 2.75) is 31.2 Å². The maximum atomic E-state index is 13.7. The third-order valence-corrected chi connectivity index (χ3v) is 9.42. The van der Waals surface area contributed by atoms with Gasteiger partial charge < -0.3 is 4.74 Å². The number of hydrogen-bond donors (Lipinski definition) is 0. The Morgan fingerprint density at radius 1 is 1.19 bits per heavy atom. The van der Waals surface area contributed by atoms with Gasteiger partial charge in [-0.15, -0.1) is 0 Å². The number of anilines is 1. The number of hydrogen-bond acceptors (Lipinski definition) is 7. The Morgan fingerprint density at radius 3 is 2.70 bits per heavy atom. The van der Waals surface area contributed by atoms with E-state index in [-0.39, 0.29) is 17.3 Å². The van der Waals surface area contributed by atoms with Gasteiger partial charge >= 0.3 is 0 Å². The summed E-state index contributed by atoms with van der Waals surface area (Å²) in [6.07, 6.45) is 5.28. The van der Waals surface area contributed by atoms with Crippen molar-refractivity contribution >= 4 is 42.6 Å². The molecule has 1 aliphatic heterocycles. The molecule has 1 atom stereocenters. The number of rotatable bonds is 7. The van der Waals surface area contributed by atoms with Crippen LogP contribution in [0, 0.1) is 5.92 Å². The van der Waals surface area contributed by atoms with E-state index in [4.69, 9.17) is 9.72 Å². The molecular weight excluding hydrogens is 508 g/mol. The lowest BCUT2D eigenvalue weighted by atomic mass is 10.0. The van der Waals surface area contributed by atoms with Crippen molar-refractivity contribution in [3.8, 4) is 5.75 Å². The van der Waals surface area contributed by atoms with Crippen LogP contribution >= 0.6 is 11.3 Å². The molecule has 10 heteroatoms. The number of sulfonamides is 1. The SMILES string of the molecule is COc1ccc2sc(N(Cc3cccnc3)C(=O)c3ccc(S(=O)(=O)N4CCCC(C)C4)cc3)nc2c1. The van der Waals surface area contributed by atoms with Crippen molar-refractivity contribution in [3.05, 3.63) is 78.1 Å². The molecule has 2 aromatic carbocycles. The van der Waals surface area contributed by atoms with Crippen LogP contribution in [0.3, 0.4) is 0 Å². The van der Waals surface area contributed by atoms with Gasteiger partial charge in [-0.2, -0.15) is 4.31 Å². The summed E-state index contributed by atoms with van der Waals surface area (Å²) >= 11 is 1.41. The smallest absolute Gasteiger partial charge is 0.260 e. The number of piperidine rings is 1. The number of carbonyl (C=O) groups excluding carboxylic acids is 1. The molecule has 0 N–H and O–H groups in total. The molecule has 1 amide bonds. The number of pyridine rings is 1. The molecule has 8 nitrogen and oxygen atoms in total. The van der Waals surface area contributed by atoms with E-state index < -0.39 is 10.0 Å². The molecule has 1 saturated heterocycles. The van der Waals surface area contributed by atoms with Gasteiger partial charge in [0.1, 0.15) is 5.75 Å². The predicted molar refractivity (Wildman–Crippen MR) is 145 cm³/mol. The van der Waals surface area contributed by atoms with Gasteiger partial charge in [0.25, 0.3) is 5.91 Å². The highest BCUT2D eigenvalue weighted by atomic mass is 32.2. The van der Waals surface area contributed by atoms with Crippen molar-refractivity contribution in [2.75, 3.05) is 25.1 Å². The van der Waals surface area contributed by atoms with Gasteiger partial charge in [0.05, 0.1) is 28.8 Å². The van der Waals surface area contributed by atoms with E-state index in [0.29, 0.717) is 35.5 Å². The average Bonchev–Trinajstić information content (AvgIpc) is 3.35. The number of aromatic nitrogens is 2. The normalized spacial score (nSPS) is 16.5. The quantitative estimate of drug-likeness (QED) is 0.331. The van der Waals surface area contributed by atoms with E-state index in [1.807, 2.05) is 30.3 Å². The third-order valence-electron chi connectivity index (χ3n) is 6.48. The van der Waals surface area contributed by atoms with Crippen molar-refractivity contribution in [3.63, 3.8) is 0 Å². The summed E-state index contributed by atoms with van der Waals surface area (Å²) in [5.74, 6) is 0.749. The first-order chi connectivity index (χ1) is 17.8. The number of fused-ring (bicyclic) bond motifs is 1. The van der Waals surface area contributed by atoms with E-state index in [0.717, 1.165) is 28.6 Å². The summed E-state index contributed by atoms with van der Waals surface area (Å²) in [6.45, 7) is 3.38. The van der Waals surface area contributed by atoms with E-state index in [1.165, 1.54) is 23.5 Å². The van der Waals surface area contributed by atoms with Crippen LogP contribution in [-0.4, -0.2) is 48.8 Å². The number of ether oxygens (including phenoxy) is 1. The van der Waals surface area contributed by atoms with Gasteiger partial charge in [0.15, 0.2) is 5.13 Å². The van der Waals surface area contributed by atoms with Gasteiger partial charge in [-0.05, 0) is 66.8 Å². The molecule has 0 bridgehead atoms. The molecule has 2 aromatic heterocycles. The molecule has 192 valence electrons. The van der Waals surface area contributed by atoms with E-state index in [1.54, 1.807) is 40.8 Å². The highest BCUT2D eigenvalue weighted by molar-refractivity contribution is 7.89. The van der Waals surface area contributed by atoms with Crippen molar-refractivity contribution in [1.29, 1.82) is 0 Å². The van der Waals surface area contributed by atoms with Crippen LogP contribution in [0.15, 0.2) is 71.9 Å². The largest absolute Gasteiger partial charge is 0.497 e. The molecule has 0 saturated carbocycles. The topological polar surface area (TPSA) is 92.7 Å². The van der Waals surface area contributed by atoms with Crippen LogP contribution in [0.1, 0.15) is 35.7 Å². The molecule has 3 heterocycles. The summed E-state index contributed by atoms with van der Waals surface area (Å²) in [7, 11) is -2.00. The van der Waals surface area contributed by atoms with Crippen molar-refractivity contribution < 1.29 is 17.9 Å². The maximum Gasteiger partial charge on any atom is 0.260 e. The second-order valence-corrected chi connectivity index (χ2v) is 12.2. The average molecular weight is 537 g/mol. The lowest BCUT2D eigenvalue weighted by molar-refractivity contribution is 0.0985. The number of carbonyl (C=O) groups is 1. The molecule has 0 spiro atoms. The molecule has 4 aromatic rings. The maximum absolute atomic E-state index is 13.7. The number of benzene rings is 2. The van der Waals surface area contributed by atoms with Gasteiger partial charge in [-0.25, -0.2) is 13.4 Å². The standard InChI is InChI=1S/C27H28N4O4S2/c1-19-5-4-14-30(17-19)37(33,34)23-10-7-21(8-11-23)26(32)31(18-20-6-3-13-28-16-20)27-29-24-15-22(35-2)9-12-25(24)36-27/h3,6-13,15-16,19H,4-5,14,17-18H2,1-2H3. The number of thiazole rings is 1. The number of amides is 1. The fourth-order valence-electron chi connectivity index (χ4n) is 4.48. The molecule has 1 fully saturated rings. The first-order valence-electron chi connectivity index (χ1n) is 12.1. The fourth-order valence-corrected chi connectivity index (χ4v) is 7.02. The van der Waals surface area contributed by atoms with Crippen LogP contribution in [0.5, 0.6) is 5.75 Å². The summed E-state index contributed by atoms with van der Waals surface area (Å²) in [6, 6.07) is 15.5. The van der Waals surface area contributed by atoms with E-state index in [9.17, 15) is 13.2 Å². The lowest BCUT2D eigenvalue weighted by Crippen LogP contribution is -2.39. The summed E-state index contributed by atoms with van der Waals surface area (Å²) in [5, 5.41) is 0.538. The lowest BCUT2D eigenvalue weighted by Gasteiger charge is -2.30. The Kier molecular flexibility index (Phi) is 7.23. The van der Waals surface area contributed by atoms with E-state index >= 15 is 0 Å². The Bertz CT molecular complexity index is 1500. The van der Waals surface area contributed by atoms with Crippen molar-refractivity contribution in [2.24, 2.45) is 5.92 Å². The first-order valence-corrected chi connectivity index (χ1v) is 14.4. The van der Waals surface area contributed by atoms with Gasteiger partial charge in [-0.3, -0.25) is 14.7 Å². The second-order valence-electron chi connectivity index (χ2n) is 9.22. The van der Waals surface area contributed by atoms with E-state index in [2.05, 4.69) is 11.9 Å². The number of nitrogens with zero attached hydrogens (tertiary/aromatic N) is 4. The van der Waals surface area contributed by atoms with Crippen LogP contribution in [0.2, 0.25) is 0 Å². The van der Waals surface area contributed by atoms with Gasteiger partial charge in [0.2, 0.25) is 10.0 Å². The molecule has 0 radical (unpaired) electrons. The molecular formula is C27H28N4O4S2. The minimum Gasteiger partial charge on any atom is -0.497 e. The molecule has 1 unspecified atom stereocenters. The minimum absolute atomic E-state index is 0.198.